The number of ketones is 1. The second-order valence-electron chi connectivity index (χ2n) is 32.6. The molecule has 0 radical (unpaired) electrons. The van der Waals surface area contributed by atoms with E-state index >= 15 is 0 Å². The van der Waals surface area contributed by atoms with Gasteiger partial charge >= 0.3 is 29.8 Å². The number of cyclic esters (lactones) is 1. The van der Waals surface area contributed by atoms with Crippen LogP contribution in [0.2, 0.25) is 0 Å². The number of fused-ring (bicyclic) bond motifs is 2. The normalized spacial score (nSPS) is 30.7. The molecule has 0 saturated carbocycles. The first kappa shape index (κ1) is 101. The Balaban J connectivity index is 2.66. The molecule has 26 atom stereocenters. The summed E-state index contributed by atoms with van der Waals surface area (Å²) in [4.78, 5) is 119. The zero-order chi connectivity index (χ0) is 85.7. The van der Waals surface area contributed by atoms with Crippen LogP contribution < -0.4 is 16.0 Å². The lowest BCUT2D eigenvalue weighted by Crippen LogP contribution is -2.58. The summed E-state index contributed by atoms with van der Waals surface area (Å²) in [6.07, 6.45) is 1.24. The van der Waals surface area contributed by atoms with Crippen molar-refractivity contribution in [2.24, 2.45) is 64.1 Å². The Kier molecular flexibility index (Phi) is 43.0. The lowest BCUT2D eigenvalue weighted by molar-refractivity contribution is -0.168. The van der Waals surface area contributed by atoms with Crippen molar-refractivity contribution in [2.75, 3.05) is 7.11 Å². The zero-order valence-corrected chi connectivity index (χ0v) is 68.8. The molecule has 3 amide bonds. The molecule has 2 aliphatic rings. The number of carbonyl (C=O) groups excluding carboxylic acids is 7. The molecule has 29 nitrogen and oxygen atoms in total. The number of aliphatic hydroxyl groups excluding tert-OH is 11. The molecular formula is C83H133N3O26. The van der Waals surface area contributed by atoms with Crippen LogP contribution in [-0.4, -0.2) is 237 Å². The molecule has 0 spiro atoms. The Morgan fingerprint density at radius 3 is 1.89 bits per heavy atom. The highest BCUT2D eigenvalue weighted by Crippen LogP contribution is 2.36. The van der Waals surface area contributed by atoms with Crippen LogP contribution in [-0.2, 0) is 62.1 Å². The second kappa shape index (κ2) is 47.7. The van der Waals surface area contributed by atoms with E-state index in [1.54, 1.807) is 73.6 Å². The number of carbonyl (C=O) groups is 9. The van der Waals surface area contributed by atoms with E-state index in [1.165, 1.54) is 79.7 Å². The Morgan fingerprint density at radius 1 is 0.723 bits per heavy atom. The molecule has 0 aromatic carbocycles. The van der Waals surface area contributed by atoms with E-state index in [-0.39, 0.29) is 43.5 Å². The Bertz CT molecular complexity index is 3320. The van der Waals surface area contributed by atoms with Crippen LogP contribution in [0.25, 0.3) is 0 Å². The summed E-state index contributed by atoms with van der Waals surface area (Å²) in [7, 11) is 1.16. The predicted molar refractivity (Wildman–Crippen MR) is 417 cm³/mol. The van der Waals surface area contributed by atoms with Crippen molar-refractivity contribution in [3.8, 4) is 0 Å². The van der Waals surface area contributed by atoms with Crippen LogP contribution in [0.4, 0.5) is 0 Å². The summed E-state index contributed by atoms with van der Waals surface area (Å²) < 4.78 is 22.7. The van der Waals surface area contributed by atoms with Crippen LogP contribution >= 0.6 is 0 Å². The van der Waals surface area contributed by atoms with Crippen molar-refractivity contribution in [1.82, 2.24) is 16.0 Å². The van der Waals surface area contributed by atoms with Gasteiger partial charge in [-0.05, 0) is 147 Å². The third-order valence-corrected chi connectivity index (χ3v) is 21.7. The summed E-state index contributed by atoms with van der Waals surface area (Å²) in [6, 6.07) is -5.45. The molecular weight excluding hydrogens is 1450 g/mol. The maximum atomic E-state index is 14.6. The third-order valence-electron chi connectivity index (χ3n) is 21.7. The molecule has 636 valence electrons. The first-order valence-corrected chi connectivity index (χ1v) is 38.9. The number of methoxy groups -OCH3 is 1. The predicted octanol–water partition coefficient (Wildman–Crippen LogP) is 5.26. The average molecular weight is 1590 g/mol. The van der Waals surface area contributed by atoms with Gasteiger partial charge in [0.25, 0.3) is 0 Å². The van der Waals surface area contributed by atoms with Crippen molar-refractivity contribution in [3.05, 3.63) is 95.7 Å². The Labute approximate surface area is 660 Å². The van der Waals surface area contributed by atoms with Crippen LogP contribution in [0.3, 0.4) is 0 Å². The van der Waals surface area contributed by atoms with Gasteiger partial charge in [0.05, 0.1) is 104 Å². The number of aliphatic carboxylic acids is 2. The van der Waals surface area contributed by atoms with E-state index in [0.717, 1.165) is 32.6 Å². The maximum absolute atomic E-state index is 14.6. The second-order valence-corrected chi connectivity index (χ2v) is 32.6. The van der Waals surface area contributed by atoms with E-state index in [9.17, 15) is 110 Å². The smallest absolute Gasteiger partial charge is 0.335 e. The van der Waals surface area contributed by atoms with Crippen molar-refractivity contribution < 1.29 is 128 Å². The number of hydrogen-bond donors (Lipinski definition) is 16. The first-order chi connectivity index (χ1) is 51.9. The molecule has 0 unspecified atom stereocenters. The molecule has 2 aliphatic heterocycles. The minimum atomic E-state index is -2.63. The van der Waals surface area contributed by atoms with Crippen LogP contribution in [0.1, 0.15) is 189 Å². The fourth-order valence-electron chi connectivity index (χ4n) is 13.8. The summed E-state index contributed by atoms with van der Waals surface area (Å²) >= 11 is 0. The number of allylic oxidation sites excluding steroid dienone is 7. The number of carboxylic acids is 2. The highest BCUT2D eigenvalue weighted by molar-refractivity contribution is 5.95. The zero-order valence-electron chi connectivity index (χ0n) is 68.8. The molecule has 2 heterocycles. The van der Waals surface area contributed by atoms with Gasteiger partial charge in [0, 0.05) is 47.5 Å². The third kappa shape index (κ3) is 31.9. The van der Waals surface area contributed by atoms with Gasteiger partial charge in [-0.2, -0.15) is 0 Å². The average Bonchev–Trinajstić information content (AvgIpc) is 0.815. The molecule has 2 rings (SSSR count). The topological polar surface area (TPSA) is 490 Å². The lowest BCUT2D eigenvalue weighted by Gasteiger charge is -2.36. The van der Waals surface area contributed by atoms with Gasteiger partial charge in [0.2, 0.25) is 17.7 Å². The van der Waals surface area contributed by atoms with Crippen molar-refractivity contribution >= 4 is 53.4 Å². The van der Waals surface area contributed by atoms with Gasteiger partial charge in [0.1, 0.15) is 18.0 Å². The van der Waals surface area contributed by atoms with E-state index in [2.05, 4.69) is 22.9 Å². The number of rotatable bonds is 27. The van der Waals surface area contributed by atoms with Crippen molar-refractivity contribution in [2.45, 2.75) is 299 Å². The van der Waals surface area contributed by atoms with Gasteiger partial charge in [-0.1, -0.05) is 136 Å². The largest absolute Gasteiger partial charge is 0.479 e. The van der Waals surface area contributed by atoms with Gasteiger partial charge in [0.15, 0.2) is 18.2 Å². The number of aliphatic hydroxyl groups is 11. The summed E-state index contributed by atoms with van der Waals surface area (Å²) in [5, 5.41) is 153. The van der Waals surface area contributed by atoms with E-state index < -0.39 is 215 Å². The molecule has 0 aromatic rings. The number of esters is 3. The molecule has 16 N–H and O–H groups in total. The van der Waals surface area contributed by atoms with Gasteiger partial charge < -0.3 is 101 Å². The van der Waals surface area contributed by atoms with Gasteiger partial charge in [-0.3, -0.25) is 28.8 Å². The van der Waals surface area contributed by atoms with E-state index in [1.807, 2.05) is 24.3 Å². The number of Topliss-reactive ketones (excluding diaryl/α,β-unsaturated/α-hetero) is 1. The standard InChI is InChI=1S/C83H133N3O26/c1-43(2)68(93)66(84-63(91)35-36-82(15,16)75(100)54(13)76(101)83(17,18)81(108)109-19)72(97)50(9)40-48(7)69(94)45(4)31-33-58(87)52(11)77(102)86-65-55(14)110-80(107)67(74(99)79(105)106)85-62(90)30-28-26-24-22-20-21-23-25-27-29-56-37-44(3)38-57(111-56)41-59(88)51(10)71(96)49(8)39-47(6)70(95)46(5)32-34-61(53(12)73(65)98)112-64(92)42-60(89)78(103)104/h21,23-28,30,32,35-36,39-40,43-45,47,50-61,65-74,76,87-89,93-99,101H,20,22,29,31,33-34,37-38,41-42H2,1-19H3,(H,84,91)(H,85,90)(H,86,102)(H,103,104)(H,105,106)/b23-21+,26-24+,27-25+,30-28+,36-35+,46-32+,48-40+,49-39+/t44-,45-,47-,50+,51-,52-,53+,54+,55-,56-,57+,58+,59-,60-,61+,65+,66-,67+,68-,69-,70+,71+,72-,73+,74-,76-/m1/s1. The van der Waals surface area contributed by atoms with Gasteiger partial charge in [-0.25, -0.2) is 14.4 Å². The summed E-state index contributed by atoms with van der Waals surface area (Å²) in [5.41, 5.74) is -1.75. The fraction of sp³-hybridized carbons (Fsp3) is 0.699. The summed E-state index contributed by atoms with van der Waals surface area (Å²) in [6.45, 7) is 28.0. The number of ether oxygens (including phenoxy) is 4. The van der Waals surface area contributed by atoms with E-state index in [0.29, 0.717) is 42.7 Å². The quantitative estimate of drug-likeness (QED) is 0.0216. The minimum absolute atomic E-state index is 0.0392. The molecule has 112 heavy (non-hydrogen) atoms. The molecule has 0 aliphatic carbocycles. The van der Waals surface area contributed by atoms with E-state index in [4.69, 9.17) is 18.9 Å². The number of carboxylic acid groups (broad SMARTS) is 2. The van der Waals surface area contributed by atoms with Crippen molar-refractivity contribution in [1.29, 1.82) is 0 Å². The van der Waals surface area contributed by atoms with Crippen LogP contribution in [0.15, 0.2) is 95.7 Å². The highest BCUT2D eigenvalue weighted by atomic mass is 16.6. The highest BCUT2D eigenvalue weighted by Gasteiger charge is 2.46. The van der Waals surface area contributed by atoms with Gasteiger partial charge in [-0.15, -0.1) is 0 Å². The number of amides is 3. The van der Waals surface area contributed by atoms with Crippen molar-refractivity contribution in [3.63, 3.8) is 0 Å². The SMILES string of the molecule is COC(=O)C(C)(C)[C@H](O)[C@@H](C)C(=O)C(C)(C)/C=C/C(=O)N[C@@H]([C@H](O)[C@@H](C)/C=C(\C)[C@H](O)[C@H](C)CC[C@H](O)[C@@H](C)C(=O)N[C@@H]1[C@@H](O)[C@@H](C)[C@@H](OC(=O)C[C@@H](O)C(=O)O)C/C=C(\C)[C@H](O)[C@H](C)/C=C(\C)[C@H](O)[C@H](C)[C@H](O)C[C@@H]2C[C@H](C)C[C@@H](C/C=C/C=C/CC/C=C/C=C/C(=O)N[C@@H]([C@@H](O)C(=O)O)C(=O)O[C@@H]1C)O2)[C@H](O)C(C)C. The van der Waals surface area contributed by atoms with Crippen LogP contribution in [0.5, 0.6) is 0 Å². The maximum Gasteiger partial charge on any atom is 0.335 e. The fourth-order valence-corrected chi connectivity index (χ4v) is 13.8. The monoisotopic (exact) mass is 1590 g/mol. The molecule has 1 fully saturated rings. The summed E-state index contributed by atoms with van der Waals surface area (Å²) in [5.74, 6) is -17.6. The first-order valence-electron chi connectivity index (χ1n) is 38.9. The molecule has 0 aromatic heterocycles. The van der Waals surface area contributed by atoms with Crippen LogP contribution in [0, 0.1) is 64.1 Å². The Morgan fingerprint density at radius 2 is 1.31 bits per heavy atom. The molecule has 2 bridgehead atoms. The number of hydrogen-bond acceptors (Lipinski definition) is 24. The molecule has 1 saturated heterocycles. The lowest BCUT2D eigenvalue weighted by atomic mass is 9.72. The number of nitrogens with one attached hydrogen (secondary N) is 3. The minimum Gasteiger partial charge on any atom is -0.479 e. The Hall–Kier alpha value is -7.13. The molecule has 29 heteroatoms.